The number of benzene rings is 1. The number of halogens is 2. The van der Waals surface area contributed by atoms with Crippen LogP contribution < -0.4 is 14.6 Å². The van der Waals surface area contributed by atoms with E-state index in [1.807, 2.05) is 17.8 Å². The summed E-state index contributed by atoms with van der Waals surface area (Å²) in [6, 6.07) is 2.09. The van der Waals surface area contributed by atoms with Gasteiger partial charge in [0, 0.05) is 18.9 Å². The third-order valence-corrected chi connectivity index (χ3v) is 8.02. The zero-order chi connectivity index (χ0) is 22.3. The summed E-state index contributed by atoms with van der Waals surface area (Å²) >= 11 is 7.11. The van der Waals surface area contributed by atoms with E-state index in [0.717, 1.165) is 20.9 Å². The first-order valence-electron chi connectivity index (χ1n) is 9.15. The molecule has 0 saturated carbocycles. The van der Waals surface area contributed by atoms with Crippen molar-refractivity contribution in [2.45, 2.75) is 18.5 Å². The van der Waals surface area contributed by atoms with Crippen molar-refractivity contribution in [2.24, 2.45) is 7.05 Å². The van der Waals surface area contributed by atoms with E-state index in [1.54, 1.807) is 12.5 Å². The first-order valence-corrected chi connectivity index (χ1v) is 11.8. The van der Waals surface area contributed by atoms with E-state index in [9.17, 15) is 17.6 Å². The number of amides is 1. The van der Waals surface area contributed by atoms with Crippen LogP contribution in [0.2, 0.25) is 5.02 Å². The summed E-state index contributed by atoms with van der Waals surface area (Å²) < 4.78 is 44.1. The number of rotatable bonds is 4. The predicted octanol–water partition coefficient (Wildman–Crippen LogP) is 1.97. The van der Waals surface area contributed by atoms with Gasteiger partial charge in [0.15, 0.2) is 5.69 Å². The highest BCUT2D eigenvalue weighted by Crippen LogP contribution is 2.33. The van der Waals surface area contributed by atoms with Crippen LogP contribution in [0.25, 0.3) is 10.6 Å². The van der Waals surface area contributed by atoms with Crippen LogP contribution in [0.1, 0.15) is 17.5 Å². The fraction of sp³-hybridized carbons (Fsp3) is 0.278. The molecule has 31 heavy (non-hydrogen) atoms. The number of aromatic amines is 1. The molecule has 4 rings (SSSR count). The Bertz CT molecular complexity index is 1240. The molecule has 1 aliphatic rings. The van der Waals surface area contributed by atoms with Gasteiger partial charge in [-0.15, -0.1) is 11.3 Å². The van der Waals surface area contributed by atoms with E-state index >= 15 is 0 Å². The van der Waals surface area contributed by atoms with E-state index in [2.05, 4.69) is 20.0 Å². The van der Waals surface area contributed by atoms with Crippen LogP contribution in [-0.4, -0.2) is 41.7 Å². The van der Waals surface area contributed by atoms with Crippen LogP contribution >= 0.6 is 22.9 Å². The Balaban J connectivity index is 1.58. The largest absolute Gasteiger partial charge is 0.325 e. The van der Waals surface area contributed by atoms with Gasteiger partial charge in [0.1, 0.15) is 23.1 Å². The van der Waals surface area contributed by atoms with Crippen LogP contribution in [0.4, 0.5) is 10.1 Å². The Kier molecular flexibility index (Phi) is 5.83. The molecule has 0 aliphatic carbocycles. The lowest BCUT2D eigenvalue weighted by molar-refractivity contribution is -0.659. The van der Waals surface area contributed by atoms with Gasteiger partial charge in [-0.3, -0.25) is 4.79 Å². The van der Waals surface area contributed by atoms with Gasteiger partial charge in [-0.25, -0.2) is 18.9 Å². The van der Waals surface area contributed by atoms with Gasteiger partial charge in [-0.05, 0) is 24.6 Å². The van der Waals surface area contributed by atoms with Crippen molar-refractivity contribution in [3.63, 3.8) is 0 Å². The van der Waals surface area contributed by atoms with Crippen molar-refractivity contribution < 1.29 is 22.2 Å². The number of aromatic nitrogens is 3. The summed E-state index contributed by atoms with van der Waals surface area (Å²) in [6.45, 7) is 0. The summed E-state index contributed by atoms with van der Waals surface area (Å²) in [7, 11) is -0.714. The van der Waals surface area contributed by atoms with Gasteiger partial charge in [-0.1, -0.05) is 11.6 Å². The third kappa shape index (κ3) is 4.34. The average Bonchev–Trinajstić information content (AvgIpc) is 3.35. The molecule has 164 valence electrons. The molecule has 2 aromatic heterocycles. The number of carbonyl (C=O) groups is 1. The first-order chi connectivity index (χ1) is 14.7. The number of carbonyl (C=O) groups excluding carboxylic acids is 1. The van der Waals surface area contributed by atoms with E-state index in [1.165, 1.54) is 30.5 Å². The Hall–Kier alpha value is -2.38. The quantitative estimate of drug-likeness (QED) is 0.490. The van der Waals surface area contributed by atoms with E-state index < -0.39 is 34.0 Å². The number of likely N-dealkylation sites (N-methyl/N-ethyl adjacent to an activating group) is 1. The summed E-state index contributed by atoms with van der Waals surface area (Å²) in [4.78, 5) is 21.1. The van der Waals surface area contributed by atoms with Crippen LogP contribution in [-0.2, 0) is 22.1 Å². The lowest BCUT2D eigenvalue weighted by Gasteiger charge is -2.35. The number of nitrogens with one attached hydrogen (secondary N) is 3. The standard InChI is InChI=1S/C18H18ClFN6O3S2/c1-25-9-21-7-15(25)16-8-22-18(30-16)13-6-14(26(2)31(28,29)24-13)17(27)23-10-3-4-12(20)11(19)5-10/h3-5,7-9,13-14,24H,6H2,1-2H3,(H,23,27)/p+1. The molecule has 0 radical (unpaired) electrons. The average molecular weight is 486 g/mol. The van der Waals surface area contributed by atoms with Gasteiger partial charge in [0.05, 0.1) is 23.0 Å². The molecule has 3 heterocycles. The summed E-state index contributed by atoms with van der Waals surface area (Å²) in [5.74, 6) is -1.16. The molecule has 9 nitrogen and oxygen atoms in total. The topological polar surface area (TPSA) is 111 Å². The summed E-state index contributed by atoms with van der Waals surface area (Å²) in [5.41, 5.74) is 1.18. The smallest absolute Gasteiger partial charge is 0.280 e. The number of imidazole rings is 1. The minimum atomic E-state index is -3.92. The number of nitrogens with zero attached hydrogens (tertiary/aromatic N) is 3. The molecule has 1 amide bonds. The normalized spacial score (nSPS) is 21.2. The molecule has 0 bridgehead atoms. The molecular formula is C18H19ClFN6O3S2+. The van der Waals surface area contributed by atoms with E-state index in [-0.39, 0.29) is 17.1 Å². The number of H-pyrrole nitrogens is 1. The lowest BCUT2D eigenvalue weighted by Crippen LogP contribution is -2.55. The number of hydrogen-bond donors (Lipinski definition) is 3. The zero-order valence-electron chi connectivity index (χ0n) is 16.5. The molecule has 1 fully saturated rings. The molecule has 0 spiro atoms. The third-order valence-electron chi connectivity index (χ3n) is 5.00. The van der Waals surface area contributed by atoms with Crippen LogP contribution in [0.5, 0.6) is 0 Å². The van der Waals surface area contributed by atoms with Crippen LogP contribution in [0, 0.1) is 5.82 Å². The van der Waals surface area contributed by atoms with Crippen molar-refractivity contribution in [1.82, 2.24) is 19.0 Å². The maximum absolute atomic E-state index is 13.4. The predicted molar refractivity (Wildman–Crippen MR) is 114 cm³/mol. The van der Waals surface area contributed by atoms with Gasteiger partial charge in [-0.2, -0.15) is 17.4 Å². The molecule has 3 N–H and O–H groups in total. The second-order valence-corrected chi connectivity index (χ2v) is 10.3. The fourth-order valence-corrected chi connectivity index (χ4v) is 5.83. The monoisotopic (exact) mass is 485 g/mol. The van der Waals surface area contributed by atoms with Crippen molar-refractivity contribution in [1.29, 1.82) is 0 Å². The van der Waals surface area contributed by atoms with Crippen molar-refractivity contribution in [3.8, 4) is 10.6 Å². The minimum Gasteiger partial charge on any atom is -0.325 e. The second kappa shape index (κ2) is 8.28. The number of hydrogen-bond acceptors (Lipinski definition) is 5. The molecule has 1 aromatic carbocycles. The maximum Gasteiger partial charge on any atom is 0.280 e. The fourth-order valence-electron chi connectivity index (χ4n) is 3.28. The van der Waals surface area contributed by atoms with Gasteiger partial charge in [0.25, 0.3) is 10.2 Å². The Labute approximate surface area is 187 Å². The number of anilines is 1. The maximum atomic E-state index is 13.4. The lowest BCUT2D eigenvalue weighted by atomic mass is 10.1. The highest BCUT2D eigenvalue weighted by atomic mass is 35.5. The van der Waals surface area contributed by atoms with Crippen LogP contribution in [0.3, 0.4) is 0 Å². The van der Waals surface area contributed by atoms with Gasteiger partial charge in [0.2, 0.25) is 12.2 Å². The van der Waals surface area contributed by atoms with Crippen molar-refractivity contribution >= 4 is 44.7 Å². The minimum absolute atomic E-state index is 0.143. The molecule has 2 unspecified atom stereocenters. The molecule has 3 aromatic rings. The zero-order valence-corrected chi connectivity index (χ0v) is 18.9. The SMILES string of the molecule is CN1C(C(=O)Nc2ccc(F)c(Cl)c2)CC(c2ncc(-c3c[nH]c[n+]3C)s2)NS1(=O)=O. The Morgan fingerprint density at radius 3 is 2.90 bits per heavy atom. The summed E-state index contributed by atoms with van der Waals surface area (Å²) in [5, 5.41) is 3.01. The molecule has 2 atom stereocenters. The molecular weight excluding hydrogens is 467 g/mol. The Morgan fingerprint density at radius 1 is 1.45 bits per heavy atom. The molecule has 1 aliphatic heterocycles. The number of thiazole rings is 1. The first kappa shape index (κ1) is 21.8. The second-order valence-electron chi connectivity index (χ2n) is 7.06. The van der Waals surface area contributed by atoms with Gasteiger partial charge < -0.3 is 5.32 Å². The number of aryl methyl sites for hydroxylation is 1. The molecule has 1 saturated heterocycles. The van der Waals surface area contributed by atoms with Crippen molar-refractivity contribution in [3.05, 3.63) is 52.8 Å². The van der Waals surface area contributed by atoms with E-state index in [0.29, 0.717) is 5.01 Å². The highest BCUT2D eigenvalue weighted by molar-refractivity contribution is 7.87. The van der Waals surface area contributed by atoms with E-state index in [4.69, 9.17) is 11.6 Å². The van der Waals surface area contributed by atoms with Gasteiger partial charge >= 0.3 is 0 Å². The van der Waals surface area contributed by atoms with Crippen molar-refractivity contribution in [2.75, 3.05) is 12.4 Å². The molecule has 13 heteroatoms. The highest BCUT2D eigenvalue weighted by Gasteiger charge is 2.41. The van der Waals surface area contributed by atoms with Crippen LogP contribution in [0.15, 0.2) is 36.9 Å². The Morgan fingerprint density at radius 2 is 2.23 bits per heavy atom. The summed E-state index contributed by atoms with van der Waals surface area (Å²) in [6.07, 6.45) is 5.45.